The van der Waals surface area contributed by atoms with Crippen LogP contribution in [0.3, 0.4) is 0 Å². The van der Waals surface area contributed by atoms with Crippen molar-refractivity contribution in [2.75, 3.05) is 19.6 Å². The van der Waals surface area contributed by atoms with Crippen LogP contribution in [0.1, 0.15) is 58.8 Å². The van der Waals surface area contributed by atoms with Crippen molar-refractivity contribution in [1.29, 1.82) is 0 Å². The van der Waals surface area contributed by atoms with Gasteiger partial charge < -0.3 is 10.6 Å². The second kappa shape index (κ2) is 7.99. The minimum absolute atomic E-state index is 0.0199. The third-order valence-electron chi connectivity index (χ3n) is 4.57. The first kappa shape index (κ1) is 15.8. The highest BCUT2D eigenvalue weighted by Gasteiger charge is 2.36. The normalized spacial score (nSPS) is 24.1. The Kier molecular flexibility index (Phi) is 6.30. The molecule has 0 aromatic rings. The predicted octanol–water partition coefficient (Wildman–Crippen LogP) is 1.90. The standard InChI is InChI=1S/C16H31N3O/c1-3-4-5-10-18-16(20)13(2)19(15-8-9-15)12-14-7-6-11-17-14/h13-15,17H,3-12H2,1-2H3,(H,18,20). The number of nitrogens with one attached hydrogen (secondary N) is 2. The number of hydrogen-bond donors (Lipinski definition) is 2. The fourth-order valence-electron chi connectivity index (χ4n) is 3.08. The Morgan fingerprint density at radius 1 is 1.35 bits per heavy atom. The van der Waals surface area contributed by atoms with E-state index in [2.05, 4.69) is 29.4 Å². The Labute approximate surface area is 123 Å². The SMILES string of the molecule is CCCCCNC(=O)C(C)N(CC1CCCN1)C1CC1. The lowest BCUT2D eigenvalue weighted by molar-refractivity contribution is -0.126. The number of carbonyl (C=O) groups is 1. The van der Waals surface area contributed by atoms with Gasteiger partial charge in [-0.05, 0) is 45.6 Å². The maximum absolute atomic E-state index is 12.3. The van der Waals surface area contributed by atoms with Crippen molar-refractivity contribution < 1.29 is 4.79 Å². The van der Waals surface area contributed by atoms with Crippen LogP contribution in [0.5, 0.6) is 0 Å². The Morgan fingerprint density at radius 3 is 2.75 bits per heavy atom. The molecule has 20 heavy (non-hydrogen) atoms. The van der Waals surface area contributed by atoms with Crippen molar-refractivity contribution in [3.63, 3.8) is 0 Å². The first-order chi connectivity index (χ1) is 9.72. The second-order valence-electron chi connectivity index (χ2n) is 6.40. The zero-order valence-corrected chi connectivity index (χ0v) is 13.2. The summed E-state index contributed by atoms with van der Waals surface area (Å²) in [5, 5.41) is 6.65. The van der Waals surface area contributed by atoms with Crippen LogP contribution in [-0.4, -0.2) is 48.6 Å². The fraction of sp³-hybridized carbons (Fsp3) is 0.938. The van der Waals surface area contributed by atoms with Crippen LogP contribution >= 0.6 is 0 Å². The van der Waals surface area contributed by atoms with E-state index < -0.39 is 0 Å². The lowest BCUT2D eigenvalue weighted by atomic mass is 10.1. The zero-order valence-electron chi connectivity index (χ0n) is 13.2. The molecule has 0 bridgehead atoms. The van der Waals surface area contributed by atoms with Crippen LogP contribution in [0.15, 0.2) is 0 Å². The van der Waals surface area contributed by atoms with Gasteiger partial charge in [-0.3, -0.25) is 9.69 Å². The average molecular weight is 281 g/mol. The van der Waals surface area contributed by atoms with Gasteiger partial charge in [0.25, 0.3) is 0 Å². The molecule has 1 saturated carbocycles. The summed E-state index contributed by atoms with van der Waals surface area (Å²) >= 11 is 0. The zero-order chi connectivity index (χ0) is 14.4. The van der Waals surface area contributed by atoms with Crippen molar-refractivity contribution in [2.24, 2.45) is 0 Å². The molecular formula is C16H31N3O. The highest BCUT2D eigenvalue weighted by atomic mass is 16.2. The molecule has 1 amide bonds. The van der Waals surface area contributed by atoms with Crippen molar-refractivity contribution in [1.82, 2.24) is 15.5 Å². The highest BCUT2D eigenvalue weighted by Crippen LogP contribution is 2.29. The molecule has 2 rings (SSSR count). The quantitative estimate of drug-likeness (QED) is 0.635. The van der Waals surface area contributed by atoms with E-state index in [0.29, 0.717) is 12.1 Å². The van der Waals surface area contributed by atoms with Gasteiger partial charge in [-0.15, -0.1) is 0 Å². The predicted molar refractivity (Wildman–Crippen MR) is 82.7 cm³/mol. The number of unbranched alkanes of at least 4 members (excludes halogenated alkanes) is 2. The van der Waals surface area contributed by atoms with Crippen LogP contribution in [0.25, 0.3) is 0 Å². The van der Waals surface area contributed by atoms with Crippen molar-refractivity contribution >= 4 is 5.91 Å². The number of carbonyl (C=O) groups excluding carboxylic acids is 1. The summed E-state index contributed by atoms with van der Waals surface area (Å²) in [7, 11) is 0. The third kappa shape index (κ3) is 4.74. The van der Waals surface area contributed by atoms with E-state index >= 15 is 0 Å². The molecule has 1 aliphatic heterocycles. The average Bonchev–Trinajstić information content (AvgIpc) is 3.17. The molecule has 2 N–H and O–H groups in total. The van der Waals surface area contributed by atoms with E-state index in [9.17, 15) is 4.79 Å². The summed E-state index contributed by atoms with van der Waals surface area (Å²) in [5.41, 5.74) is 0. The van der Waals surface area contributed by atoms with Gasteiger partial charge in [0.05, 0.1) is 6.04 Å². The molecule has 2 aliphatic rings. The monoisotopic (exact) mass is 281 g/mol. The minimum atomic E-state index is 0.0199. The van der Waals surface area contributed by atoms with Crippen LogP contribution in [0.2, 0.25) is 0 Å². The van der Waals surface area contributed by atoms with E-state index in [1.807, 2.05) is 0 Å². The minimum Gasteiger partial charge on any atom is -0.355 e. The van der Waals surface area contributed by atoms with E-state index in [1.54, 1.807) is 0 Å². The summed E-state index contributed by atoms with van der Waals surface area (Å²) in [6.45, 7) is 7.27. The lowest BCUT2D eigenvalue weighted by Crippen LogP contribution is -2.50. The lowest BCUT2D eigenvalue weighted by Gasteiger charge is -2.30. The molecule has 2 unspecified atom stereocenters. The van der Waals surface area contributed by atoms with Crippen molar-refractivity contribution in [2.45, 2.75) is 76.9 Å². The van der Waals surface area contributed by atoms with Crippen LogP contribution < -0.4 is 10.6 Å². The Hall–Kier alpha value is -0.610. The van der Waals surface area contributed by atoms with Gasteiger partial charge in [0.15, 0.2) is 0 Å². The van der Waals surface area contributed by atoms with E-state index in [4.69, 9.17) is 0 Å². The molecular weight excluding hydrogens is 250 g/mol. The molecule has 0 aromatic heterocycles. The van der Waals surface area contributed by atoms with Gasteiger partial charge in [0.1, 0.15) is 0 Å². The largest absolute Gasteiger partial charge is 0.355 e. The molecule has 0 spiro atoms. The molecule has 2 atom stereocenters. The highest BCUT2D eigenvalue weighted by molar-refractivity contribution is 5.81. The van der Waals surface area contributed by atoms with E-state index in [-0.39, 0.29) is 11.9 Å². The molecule has 1 aliphatic carbocycles. The van der Waals surface area contributed by atoms with Gasteiger partial charge in [0, 0.05) is 25.2 Å². The van der Waals surface area contributed by atoms with Crippen LogP contribution in [0, 0.1) is 0 Å². The number of hydrogen-bond acceptors (Lipinski definition) is 3. The van der Waals surface area contributed by atoms with Crippen molar-refractivity contribution in [3.8, 4) is 0 Å². The van der Waals surface area contributed by atoms with Gasteiger partial charge in [-0.2, -0.15) is 0 Å². The van der Waals surface area contributed by atoms with Gasteiger partial charge in [0.2, 0.25) is 5.91 Å². The fourth-order valence-corrected chi connectivity index (χ4v) is 3.08. The van der Waals surface area contributed by atoms with Gasteiger partial charge in [-0.1, -0.05) is 19.8 Å². The third-order valence-corrected chi connectivity index (χ3v) is 4.57. The first-order valence-electron chi connectivity index (χ1n) is 8.49. The summed E-state index contributed by atoms with van der Waals surface area (Å²) in [6, 6.07) is 1.26. The van der Waals surface area contributed by atoms with Gasteiger partial charge >= 0.3 is 0 Å². The molecule has 1 saturated heterocycles. The van der Waals surface area contributed by atoms with Crippen molar-refractivity contribution in [3.05, 3.63) is 0 Å². The summed E-state index contributed by atoms with van der Waals surface area (Å²) in [4.78, 5) is 14.7. The molecule has 4 nitrogen and oxygen atoms in total. The summed E-state index contributed by atoms with van der Waals surface area (Å²) in [6.07, 6.45) is 8.57. The maximum Gasteiger partial charge on any atom is 0.237 e. The molecule has 0 radical (unpaired) electrons. The molecule has 2 fully saturated rings. The second-order valence-corrected chi connectivity index (χ2v) is 6.40. The number of amides is 1. The first-order valence-corrected chi connectivity index (χ1v) is 8.49. The molecule has 116 valence electrons. The van der Waals surface area contributed by atoms with Crippen LogP contribution in [-0.2, 0) is 4.79 Å². The van der Waals surface area contributed by atoms with Crippen LogP contribution in [0.4, 0.5) is 0 Å². The Balaban J connectivity index is 1.76. The Morgan fingerprint density at radius 2 is 2.15 bits per heavy atom. The smallest absolute Gasteiger partial charge is 0.237 e. The number of nitrogens with zero attached hydrogens (tertiary/aromatic N) is 1. The topological polar surface area (TPSA) is 44.4 Å². The summed E-state index contributed by atoms with van der Waals surface area (Å²) in [5.74, 6) is 0.214. The maximum atomic E-state index is 12.3. The van der Waals surface area contributed by atoms with E-state index in [0.717, 1.165) is 26.1 Å². The summed E-state index contributed by atoms with van der Waals surface area (Å²) < 4.78 is 0. The molecule has 0 aromatic carbocycles. The number of rotatable bonds is 9. The van der Waals surface area contributed by atoms with E-state index in [1.165, 1.54) is 38.5 Å². The molecule has 1 heterocycles. The Bertz CT molecular complexity index is 298. The molecule has 4 heteroatoms. The van der Waals surface area contributed by atoms with Gasteiger partial charge in [-0.25, -0.2) is 0 Å².